The van der Waals surface area contributed by atoms with Crippen LogP contribution in [0.5, 0.6) is 0 Å². The molecule has 2 amide bonds. The van der Waals surface area contributed by atoms with Gasteiger partial charge in [0.15, 0.2) is 0 Å². The van der Waals surface area contributed by atoms with Gasteiger partial charge in [-0.1, -0.05) is 12.8 Å². The van der Waals surface area contributed by atoms with Crippen molar-refractivity contribution in [3.63, 3.8) is 0 Å². The minimum absolute atomic E-state index is 0.0459. The fourth-order valence-corrected chi connectivity index (χ4v) is 3.76. The van der Waals surface area contributed by atoms with Crippen LogP contribution in [0.25, 0.3) is 0 Å². The van der Waals surface area contributed by atoms with Crippen molar-refractivity contribution in [2.45, 2.75) is 45.1 Å². The molecule has 1 aromatic rings. The Balaban J connectivity index is 1.52. The maximum absolute atomic E-state index is 12.5. The average Bonchev–Trinajstić information content (AvgIpc) is 3.11. The van der Waals surface area contributed by atoms with Crippen molar-refractivity contribution >= 4 is 11.8 Å². The summed E-state index contributed by atoms with van der Waals surface area (Å²) in [6, 6.07) is 0. The Bertz CT molecular complexity index is 674. The second-order valence-electron chi connectivity index (χ2n) is 7.15. The molecular formula is C17H27N5O3. The zero-order valence-electron chi connectivity index (χ0n) is 14.9. The molecule has 0 aromatic carbocycles. The number of aromatic nitrogens is 3. The van der Waals surface area contributed by atoms with Gasteiger partial charge in [-0.05, 0) is 25.2 Å². The maximum atomic E-state index is 12.5. The van der Waals surface area contributed by atoms with Gasteiger partial charge < -0.3 is 9.80 Å². The molecule has 0 unspecified atom stereocenters. The topological polar surface area (TPSA) is 80.4 Å². The number of hydrogen-bond donors (Lipinski definition) is 0. The van der Waals surface area contributed by atoms with Crippen LogP contribution in [-0.2, 0) is 23.2 Å². The van der Waals surface area contributed by atoms with Crippen molar-refractivity contribution in [2.24, 2.45) is 13.0 Å². The number of hydrogen-bond acceptors (Lipinski definition) is 4. The van der Waals surface area contributed by atoms with Crippen LogP contribution in [0.15, 0.2) is 11.1 Å². The minimum Gasteiger partial charge on any atom is -0.341 e. The zero-order chi connectivity index (χ0) is 17.8. The first-order valence-electron chi connectivity index (χ1n) is 9.18. The lowest BCUT2D eigenvalue weighted by Crippen LogP contribution is -2.40. The predicted octanol–water partition coefficient (Wildman–Crippen LogP) is 0.223. The Kier molecular flexibility index (Phi) is 5.55. The van der Waals surface area contributed by atoms with E-state index in [1.165, 1.54) is 41.3 Å². The van der Waals surface area contributed by atoms with Crippen LogP contribution in [0.3, 0.4) is 0 Å². The van der Waals surface area contributed by atoms with Crippen molar-refractivity contribution < 1.29 is 9.59 Å². The quantitative estimate of drug-likeness (QED) is 0.779. The summed E-state index contributed by atoms with van der Waals surface area (Å²) in [7, 11) is 1.61. The molecule has 1 saturated carbocycles. The van der Waals surface area contributed by atoms with Crippen molar-refractivity contribution in [1.82, 2.24) is 24.1 Å². The summed E-state index contributed by atoms with van der Waals surface area (Å²) in [5, 5.41) is 3.93. The van der Waals surface area contributed by atoms with Gasteiger partial charge in [-0.2, -0.15) is 5.10 Å². The largest absolute Gasteiger partial charge is 0.345 e. The smallest absolute Gasteiger partial charge is 0.341 e. The number of carbonyl (C=O) groups excluding carboxylic acids is 2. The van der Waals surface area contributed by atoms with E-state index >= 15 is 0 Å². The van der Waals surface area contributed by atoms with E-state index in [1.807, 2.05) is 4.90 Å². The molecule has 3 rings (SSSR count). The van der Waals surface area contributed by atoms with Crippen molar-refractivity contribution in [1.29, 1.82) is 0 Å². The molecule has 1 aliphatic carbocycles. The van der Waals surface area contributed by atoms with Crippen LogP contribution in [0.2, 0.25) is 0 Å². The molecule has 2 heterocycles. The maximum Gasteiger partial charge on any atom is 0.345 e. The summed E-state index contributed by atoms with van der Waals surface area (Å²) in [6.07, 6.45) is 7.66. The molecule has 0 radical (unpaired) electrons. The Labute approximate surface area is 147 Å². The van der Waals surface area contributed by atoms with Crippen LogP contribution in [0, 0.1) is 5.92 Å². The Morgan fingerprint density at radius 1 is 1.04 bits per heavy atom. The van der Waals surface area contributed by atoms with E-state index in [1.54, 1.807) is 11.9 Å². The van der Waals surface area contributed by atoms with Gasteiger partial charge in [0.1, 0.15) is 12.9 Å². The third kappa shape index (κ3) is 4.29. The molecule has 2 fully saturated rings. The minimum atomic E-state index is -0.295. The molecule has 0 N–H and O–H groups in total. The van der Waals surface area contributed by atoms with Crippen LogP contribution in [0.1, 0.15) is 38.5 Å². The number of rotatable bonds is 4. The van der Waals surface area contributed by atoms with E-state index in [9.17, 15) is 14.4 Å². The normalized spacial score (nSPS) is 19.2. The van der Waals surface area contributed by atoms with Gasteiger partial charge >= 0.3 is 5.69 Å². The van der Waals surface area contributed by atoms with E-state index in [2.05, 4.69) is 5.10 Å². The Hall–Kier alpha value is -2.12. The molecule has 8 nitrogen and oxygen atoms in total. The molecule has 0 spiro atoms. The molecule has 138 valence electrons. The fourth-order valence-electron chi connectivity index (χ4n) is 3.76. The molecule has 25 heavy (non-hydrogen) atoms. The average molecular weight is 349 g/mol. The summed E-state index contributed by atoms with van der Waals surface area (Å²) in [5.41, 5.74) is -0.295. The van der Waals surface area contributed by atoms with E-state index < -0.39 is 0 Å². The summed E-state index contributed by atoms with van der Waals surface area (Å²) >= 11 is 0. The van der Waals surface area contributed by atoms with Gasteiger partial charge in [-0.25, -0.2) is 9.48 Å². The highest BCUT2D eigenvalue weighted by atomic mass is 16.2. The van der Waals surface area contributed by atoms with Crippen molar-refractivity contribution in [3.05, 3.63) is 16.8 Å². The molecule has 0 atom stereocenters. The lowest BCUT2D eigenvalue weighted by Gasteiger charge is -2.23. The first-order chi connectivity index (χ1) is 12.0. The van der Waals surface area contributed by atoms with Gasteiger partial charge in [0, 0.05) is 39.6 Å². The fraction of sp³-hybridized carbons (Fsp3) is 0.765. The van der Waals surface area contributed by atoms with Gasteiger partial charge in [0.05, 0.1) is 0 Å². The standard InChI is InChI=1S/C17H27N5O3/c1-19-13-18-22(17(19)25)12-16(24)21-8-4-7-20(9-10-21)15(23)11-14-5-2-3-6-14/h13-14H,2-12H2,1H3. The summed E-state index contributed by atoms with van der Waals surface area (Å²) in [6.45, 7) is 2.38. The number of amides is 2. The summed E-state index contributed by atoms with van der Waals surface area (Å²) in [4.78, 5) is 40.4. The monoisotopic (exact) mass is 349 g/mol. The third-order valence-corrected chi connectivity index (χ3v) is 5.31. The summed E-state index contributed by atoms with van der Waals surface area (Å²) in [5.74, 6) is 0.651. The third-order valence-electron chi connectivity index (χ3n) is 5.31. The van der Waals surface area contributed by atoms with Crippen molar-refractivity contribution in [2.75, 3.05) is 26.2 Å². The predicted molar refractivity (Wildman–Crippen MR) is 91.8 cm³/mol. The first kappa shape index (κ1) is 17.7. The highest BCUT2D eigenvalue weighted by Gasteiger charge is 2.25. The van der Waals surface area contributed by atoms with Gasteiger partial charge in [0.25, 0.3) is 0 Å². The molecule has 0 bridgehead atoms. The molecule has 1 aliphatic heterocycles. The SMILES string of the molecule is Cn1cnn(CC(=O)N2CCCN(C(=O)CC3CCCC3)CC2)c1=O. The molecule has 2 aliphatic rings. The molecule has 1 saturated heterocycles. The molecule has 1 aromatic heterocycles. The highest BCUT2D eigenvalue weighted by molar-refractivity contribution is 5.77. The van der Waals surface area contributed by atoms with Crippen LogP contribution < -0.4 is 5.69 Å². The van der Waals surface area contributed by atoms with E-state index in [-0.39, 0.29) is 24.0 Å². The second-order valence-corrected chi connectivity index (χ2v) is 7.15. The summed E-state index contributed by atoms with van der Waals surface area (Å²) < 4.78 is 2.52. The molecular weight excluding hydrogens is 322 g/mol. The van der Waals surface area contributed by atoms with E-state index in [4.69, 9.17) is 0 Å². The Morgan fingerprint density at radius 3 is 2.28 bits per heavy atom. The van der Waals surface area contributed by atoms with E-state index in [0.29, 0.717) is 38.5 Å². The highest BCUT2D eigenvalue weighted by Crippen LogP contribution is 2.28. The van der Waals surface area contributed by atoms with Crippen LogP contribution in [-0.4, -0.2) is 62.1 Å². The van der Waals surface area contributed by atoms with Gasteiger partial charge in [-0.3, -0.25) is 14.2 Å². The first-order valence-corrected chi connectivity index (χ1v) is 9.18. The van der Waals surface area contributed by atoms with E-state index in [0.717, 1.165) is 6.42 Å². The zero-order valence-corrected chi connectivity index (χ0v) is 14.9. The van der Waals surface area contributed by atoms with Crippen molar-refractivity contribution in [3.8, 4) is 0 Å². The lowest BCUT2D eigenvalue weighted by molar-refractivity contribution is -0.134. The van der Waals surface area contributed by atoms with Crippen LogP contribution >= 0.6 is 0 Å². The number of carbonyl (C=O) groups is 2. The van der Waals surface area contributed by atoms with Gasteiger partial charge in [0.2, 0.25) is 11.8 Å². The number of nitrogens with zero attached hydrogens (tertiary/aromatic N) is 5. The lowest BCUT2D eigenvalue weighted by atomic mass is 10.0. The van der Waals surface area contributed by atoms with Crippen LogP contribution in [0.4, 0.5) is 0 Å². The number of aryl methyl sites for hydroxylation is 1. The molecule has 8 heteroatoms. The van der Waals surface area contributed by atoms with Gasteiger partial charge in [-0.15, -0.1) is 0 Å². The Morgan fingerprint density at radius 2 is 1.68 bits per heavy atom. The second kappa shape index (κ2) is 7.84.